The van der Waals surface area contributed by atoms with Gasteiger partial charge < -0.3 is 34.3 Å². The molecule has 3 saturated carbocycles. The van der Waals surface area contributed by atoms with Crippen LogP contribution in [0.5, 0.6) is 28.7 Å². The van der Waals surface area contributed by atoms with Crippen LogP contribution in [0.2, 0.25) is 0 Å². The molecule has 0 amide bonds. The molecule has 0 radical (unpaired) electrons. The lowest BCUT2D eigenvalue weighted by molar-refractivity contribution is -0.160. The van der Waals surface area contributed by atoms with Crippen LogP contribution in [0.25, 0.3) is 0 Å². The standard InChI is InChI=1S/C36H48O8/c1-23(37)41-29-20-27(11-9-24-10-12-30(38)33(17-24)42-26-7-3-2-4-8-26)43-32(21-29)25-18-31(39)35(40)34(19-25)44-28-13-16-36(22-28)14-5-6-15-36/h10,12,17-19,26-29,32,38-40H,2-9,11,13-16,20-22H2,1H3/t27-,28+,29+,32-/m0/s1. The number of hydrogen-bond donors (Lipinski definition) is 3. The molecule has 0 bridgehead atoms. The highest BCUT2D eigenvalue weighted by molar-refractivity contribution is 5.66. The molecule has 3 N–H and O–H groups in total. The Labute approximate surface area is 260 Å². The minimum absolute atomic E-state index is 0.0137. The molecule has 2 aromatic rings. The van der Waals surface area contributed by atoms with Crippen molar-refractivity contribution in [1.82, 2.24) is 0 Å². The van der Waals surface area contributed by atoms with Crippen LogP contribution >= 0.6 is 0 Å². The first-order valence-electron chi connectivity index (χ1n) is 16.8. The topological polar surface area (TPSA) is 115 Å². The van der Waals surface area contributed by atoms with Crippen LogP contribution in [-0.4, -0.2) is 45.7 Å². The zero-order valence-corrected chi connectivity index (χ0v) is 26.0. The monoisotopic (exact) mass is 608 g/mol. The van der Waals surface area contributed by atoms with E-state index >= 15 is 0 Å². The van der Waals surface area contributed by atoms with Crippen molar-refractivity contribution in [3.8, 4) is 28.7 Å². The SMILES string of the molecule is CC(=O)O[C@@H]1C[C@H](CCc2ccc(O)c(OC3CCCCC3)c2)O[C@H](c2cc(O)c(O)c(O[C@@H]3CCC4(CCCC4)C3)c2)C1. The normalized spacial score (nSPS) is 26.9. The quantitative estimate of drug-likeness (QED) is 0.195. The number of carbonyl (C=O) groups is 1. The predicted molar refractivity (Wildman–Crippen MR) is 165 cm³/mol. The molecule has 44 heavy (non-hydrogen) atoms. The van der Waals surface area contributed by atoms with E-state index in [0.29, 0.717) is 42.4 Å². The number of benzene rings is 2. The van der Waals surface area contributed by atoms with Crippen LogP contribution in [0.15, 0.2) is 30.3 Å². The van der Waals surface area contributed by atoms with Crippen LogP contribution in [0, 0.1) is 5.41 Å². The Bertz CT molecular complexity index is 1300. The third-order valence-electron chi connectivity index (χ3n) is 10.4. The highest BCUT2D eigenvalue weighted by atomic mass is 16.6. The van der Waals surface area contributed by atoms with Gasteiger partial charge in [-0.15, -0.1) is 0 Å². The Morgan fingerprint density at radius 2 is 1.61 bits per heavy atom. The average molecular weight is 609 g/mol. The summed E-state index contributed by atoms with van der Waals surface area (Å²) in [5.74, 6) is 0.146. The van der Waals surface area contributed by atoms with E-state index in [2.05, 4.69) is 0 Å². The van der Waals surface area contributed by atoms with E-state index in [4.69, 9.17) is 18.9 Å². The van der Waals surface area contributed by atoms with Crippen LogP contribution in [0.4, 0.5) is 0 Å². The maximum atomic E-state index is 11.9. The van der Waals surface area contributed by atoms with Gasteiger partial charge in [0.05, 0.1) is 24.4 Å². The van der Waals surface area contributed by atoms with E-state index in [-0.39, 0.29) is 53.4 Å². The van der Waals surface area contributed by atoms with Gasteiger partial charge in [-0.3, -0.25) is 4.79 Å². The van der Waals surface area contributed by atoms with Gasteiger partial charge in [-0.25, -0.2) is 0 Å². The Hall–Kier alpha value is -3.13. The van der Waals surface area contributed by atoms with Gasteiger partial charge >= 0.3 is 5.97 Å². The fraction of sp³-hybridized carbons (Fsp3) is 0.639. The molecule has 8 heteroatoms. The van der Waals surface area contributed by atoms with Crippen molar-refractivity contribution in [2.24, 2.45) is 5.41 Å². The lowest BCUT2D eigenvalue weighted by Crippen LogP contribution is -2.34. The molecule has 3 aliphatic carbocycles. The number of rotatable bonds is 9. The van der Waals surface area contributed by atoms with Gasteiger partial charge in [0.15, 0.2) is 23.0 Å². The maximum Gasteiger partial charge on any atom is 0.302 e. The summed E-state index contributed by atoms with van der Waals surface area (Å²) in [7, 11) is 0. The lowest BCUT2D eigenvalue weighted by atomic mass is 9.85. The number of aromatic hydroxyl groups is 3. The molecule has 1 aliphatic heterocycles. The van der Waals surface area contributed by atoms with Crippen molar-refractivity contribution < 1.29 is 39.1 Å². The summed E-state index contributed by atoms with van der Waals surface area (Å²) in [5.41, 5.74) is 2.11. The summed E-state index contributed by atoms with van der Waals surface area (Å²) >= 11 is 0. The van der Waals surface area contributed by atoms with E-state index < -0.39 is 6.10 Å². The molecule has 6 rings (SSSR count). The van der Waals surface area contributed by atoms with Crippen LogP contribution in [-0.2, 0) is 20.7 Å². The van der Waals surface area contributed by atoms with Gasteiger partial charge in [-0.2, -0.15) is 0 Å². The minimum Gasteiger partial charge on any atom is -0.504 e. The fourth-order valence-corrected chi connectivity index (χ4v) is 8.10. The summed E-state index contributed by atoms with van der Waals surface area (Å²) < 4.78 is 24.7. The summed E-state index contributed by atoms with van der Waals surface area (Å²) in [6, 6.07) is 8.84. The van der Waals surface area contributed by atoms with Gasteiger partial charge in [-0.1, -0.05) is 25.3 Å². The van der Waals surface area contributed by atoms with Crippen LogP contribution in [0.1, 0.15) is 120 Å². The molecule has 1 saturated heterocycles. The largest absolute Gasteiger partial charge is 0.504 e. The molecule has 4 atom stereocenters. The van der Waals surface area contributed by atoms with E-state index in [9.17, 15) is 20.1 Å². The molecule has 0 aromatic heterocycles. The Morgan fingerprint density at radius 1 is 0.841 bits per heavy atom. The van der Waals surface area contributed by atoms with E-state index in [1.165, 1.54) is 45.1 Å². The smallest absolute Gasteiger partial charge is 0.302 e. The molecule has 1 spiro atoms. The van der Waals surface area contributed by atoms with Crippen molar-refractivity contribution >= 4 is 5.97 Å². The van der Waals surface area contributed by atoms with Gasteiger partial charge in [0.2, 0.25) is 5.75 Å². The maximum absolute atomic E-state index is 11.9. The molecule has 4 fully saturated rings. The van der Waals surface area contributed by atoms with Crippen LogP contribution < -0.4 is 9.47 Å². The number of aryl methyl sites for hydroxylation is 1. The predicted octanol–water partition coefficient (Wildman–Crippen LogP) is 7.79. The molecule has 240 valence electrons. The molecular weight excluding hydrogens is 560 g/mol. The third kappa shape index (κ3) is 7.39. The zero-order chi connectivity index (χ0) is 30.7. The second-order valence-electron chi connectivity index (χ2n) is 13.7. The van der Waals surface area contributed by atoms with Crippen molar-refractivity contribution in [3.63, 3.8) is 0 Å². The Morgan fingerprint density at radius 3 is 2.39 bits per heavy atom. The molecule has 2 aromatic carbocycles. The van der Waals surface area contributed by atoms with Crippen molar-refractivity contribution in [3.05, 3.63) is 41.5 Å². The molecule has 1 heterocycles. The van der Waals surface area contributed by atoms with E-state index in [1.54, 1.807) is 12.1 Å². The second kappa shape index (κ2) is 13.5. The van der Waals surface area contributed by atoms with E-state index in [0.717, 1.165) is 50.5 Å². The number of phenols is 3. The summed E-state index contributed by atoms with van der Waals surface area (Å²) in [6.45, 7) is 1.42. The number of ether oxygens (including phenoxy) is 4. The summed E-state index contributed by atoms with van der Waals surface area (Å²) in [6.07, 6.45) is 15.3. The minimum atomic E-state index is -0.443. The van der Waals surface area contributed by atoms with Crippen LogP contribution in [0.3, 0.4) is 0 Å². The third-order valence-corrected chi connectivity index (χ3v) is 10.4. The summed E-state index contributed by atoms with van der Waals surface area (Å²) in [4.78, 5) is 11.9. The van der Waals surface area contributed by atoms with Gasteiger partial charge in [0.25, 0.3) is 0 Å². The molecule has 0 unspecified atom stereocenters. The van der Waals surface area contributed by atoms with Gasteiger partial charge in [0, 0.05) is 19.8 Å². The number of carbonyl (C=O) groups excluding carboxylic acids is 1. The zero-order valence-electron chi connectivity index (χ0n) is 26.0. The first kappa shape index (κ1) is 30.9. The second-order valence-corrected chi connectivity index (χ2v) is 13.7. The van der Waals surface area contributed by atoms with Crippen molar-refractivity contribution in [2.45, 2.75) is 140 Å². The van der Waals surface area contributed by atoms with Gasteiger partial charge in [-0.05, 0) is 111 Å². The van der Waals surface area contributed by atoms with E-state index in [1.807, 2.05) is 12.1 Å². The lowest BCUT2D eigenvalue weighted by Gasteiger charge is -2.35. The van der Waals surface area contributed by atoms with Crippen molar-refractivity contribution in [1.29, 1.82) is 0 Å². The molecular formula is C36H48O8. The highest BCUT2D eigenvalue weighted by Gasteiger charge is 2.42. The molecule has 8 nitrogen and oxygen atoms in total. The van der Waals surface area contributed by atoms with Crippen molar-refractivity contribution in [2.75, 3.05) is 0 Å². The highest BCUT2D eigenvalue weighted by Crippen LogP contribution is 2.52. The number of phenolic OH excluding ortho intramolecular Hbond substituents is 3. The average Bonchev–Trinajstić information content (AvgIpc) is 3.64. The fourth-order valence-electron chi connectivity index (χ4n) is 8.10. The Balaban J connectivity index is 1.14. The molecule has 4 aliphatic rings. The summed E-state index contributed by atoms with van der Waals surface area (Å²) in [5, 5.41) is 31.8. The van der Waals surface area contributed by atoms with Gasteiger partial charge in [0.1, 0.15) is 6.10 Å². The Kier molecular flexibility index (Phi) is 9.45. The first-order chi connectivity index (χ1) is 21.2. The number of hydrogen-bond acceptors (Lipinski definition) is 8. The first-order valence-corrected chi connectivity index (χ1v) is 16.8. The number of esters is 1.